The quantitative estimate of drug-likeness (QED) is 0.716. The maximum Gasteiger partial charge on any atom is 0.305 e. The Labute approximate surface area is 144 Å². The minimum atomic E-state index is -0.506. The van der Waals surface area contributed by atoms with Gasteiger partial charge in [0.1, 0.15) is 11.3 Å². The van der Waals surface area contributed by atoms with Crippen LogP contribution in [-0.2, 0) is 0 Å². The molecule has 0 aliphatic heterocycles. The number of hydrazine groups is 1. The average Bonchev–Trinajstić information content (AvgIpc) is 2.97. The van der Waals surface area contributed by atoms with E-state index in [-0.39, 0.29) is 5.76 Å². The van der Waals surface area contributed by atoms with Gasteiger partial charge in [-0.3, -0.25) is 20.4 Å². The van der Waals surface area contributed by atoms with Gasteiger partial charge in [0.15, 0.2) is 5.76 Å². The number of nitrogens with one attached hydrogen (secondary N) is 2. The van der Waals surface area contributed by atoms with Crippen molar-refractivity contribution in [1.82, 2.24) is 10.9 Å². The van der Waals surface area contributed by atoms with Crippen LogP contribution < -0.4 is 15.6 Å². The first kappa shape index (κ1) is 16.6. The molecule has 128 valence electrons. The number of carbonyl (C=O) groups is 2. The van der Waals surface area contributed by atoms with E-state index in [9.17, 15) is 9.59 Å². The Morgan fingerprint density at radius 3 is 2.36 bits per heavy atom. The maximum atomic E-state index is 12.3. The molecule has 25 heavy (non-hydrogen) atoms. The van der Waals surface area contributed by atoms with Gasteiger partial charge < -0.3 is 9.15 Å². The third kappa shape index (κ3) is 3.47. The normalized spacial score (nSPS) is 10.5. The summed E-state index contributed by atoms with van der Waals surface area (Å²) < 4.78 is 10.9. The first-order chi connectivity index (χ1) is 12.1. The zero-order valence-corrected chi connectivity index (χ0v) is 14.0. The third-order valence-corrected chi connectivity index (χ3v) is 3.77. The van der Waals surface area contributed by atoms with Crippen LogP contribution in [0.15, 0.2) is 52.9 Å². The Morgan fingerprint density at radius 2 is 1.68 bits per heavy atom. The van der Waals surface area contributed by atoms with Crippen molar-refractivity contribution < 1.29 is 18.7 Å². The molecular formula is C19H18N2O4. The summed E-state index contributed by atoms with van der Waals surface area (Å²) in [6, 6.07) is 14.0. The Bertz CT molecular complexity index is 913. The minimum Gasteiger partial charge on any atom is -0.494 e. The van der Waals surface area contributed by atoms with Crippen LogP contribution in [0.3, 0.4) is 0 Å². The van der Waals surface area contributed by atoms with E-state index >= 15 is 0 Å². The molecule has 1 heterocycles. The molecule has 0 atom stereocenters. The molecule has 6 heteroatoms. The van der Waals surface area contributed by atoms with Gasteiger partial charge >= 0.3 is 5.91 Å². The summed E-state index contributed by atoms with van der Waals surface area (Å²) in [6.45, 7) is 4.24. The Morgan fingerprint density at radius 1 is 1.00 bits per heavy atom. The number of ether oxygens (including phenoxy) is 1. The van der Waals surface area contributed by atoms with Gasteiger partial charge in [-0.05, 0) is 44.2 Å². The number of benzene rings is 2. The lowest BCUT2D eigenvalue weighted by Gasteiger charge is -2.07. The second-order valence-electron chi connectivity index (χ2n) is 5.42. The zero-order chi connectivity index (χ0) is 17.8. The van der Waals surface area contributed by atoms with Crippen LogP contribution in [-0.4, -0.2) is 18.4 Å². The first-order valence-corrected chi connectivity index (χ1v) is 7.92. The highest BCUT2D eigenvalue weighted by Gasteiger charge is 2.18. The Balaban J connectivity index is 1.66. The third-order valence-electron chi connectivity index (χ3n) is 3.77. The summed E-state index contributed by atoms with van der Waals surface area (Å²) in [5.74, 6) is -0.0765. The predicted molar refractivity (Wildman–Crippen MR) is 93.5 cm³/mol. The fraction of sp³-hybridized carbons (Fsp3) is 0.158. The largest absolute Gasteiger partial charge is 0.494 e. The molecule has 2 amide bonds. The van der Waals surface area contributed by atoms with Crippen molar-refractivity contribution in [3.63, 3.8) is 0 Å². The number of hydrogen-bond acceptors (Lipinski definition) is 4. The number of hydrogen-bond donors (Lipinski definition) is 2. The van der Waals surface area contributed by atoms with Crippen molar-refractivity contribution in [2.75, 3.05) is 6.61 Å². The van der Waals surface area contributed by atoms with E-state index in [4.69, 9.17) is 9.15 Å². The summed E-state index contributed by atoms with van der Waals surface area (Å²) in [5, 5.41) is 0.866. The minimum absolute atomic E-state index is 0.174. The smallest absolute Gasteiger partial charge is 0.305 e. The maximum absolute atomic E-state index is 12.3. The second-order valence-corrected chi connectivity index (χ2v) is 5.42. The van der Waals surface area contributed by atoms with Crippen molar-refractivity contribution in [3.05, 3.63) is 65.4 Å². The van der Waals surface area contributed by atoms with Crippen LogP contribution in [0.4, 0.5) is 0 Å². The van der Waals surface area contributed by atoms with Crippen LogP contribution in [0.25, 0.3) is 11.0 Å². The molecular weight excluding hydrogens is 320 g/mol. The van der Waals surface area contributed by atoms with Crippen molar-refractivity contribution in [2.45, 2.75) is 13.8 Å². The molecule has 2 N–H and O–H groups in total. The van der Waals surface area contributed by atoms with Gasteiger partial charge in [0.25, 0.3) is 5.91 Å². The fourth-order valence-corrected chi connectivity index (χ4v) is 2.50. The van der Waals surface area contributed by atoms with E-state index < -0.39 is 11.8 Å². The Kier molecular flexibility index (Phi) is 4.70. The molecule has 0 unspecified atom stereocenters. The number of para-hydroxylation sites is 1. The van der Waals surface area contributed by atoms with Crippen molar-refractivity contribution in [1.29, 1.82) is 0 Å². The Hall–Kier alpha value is -3.28. The lowest BCUT2D eigenvalue weighted by Crippen LogP contribution is -2.41. The van der Waals surface area contributed by atoms with Crippen molar-refractivity contribution >= 4 is 22.8 Å². The van der Waals surface area contributed by atoms with Gasteiger partial charge in [-0.25, -0.2) is 0 Å². The molecule has 0 aliphatic rings. The van der Waals surface area contributed by atoms with Crippen LogP contribution in [0.5, 0.6) is 5.75 Å². The predicted octanol–water partition coefficient (Wildman–Crippen LogP) is 3.21. The molecule has 3 aromatic rings. The molecule has 0 saturated heterocycles. The number of aryl methyl sites for hydroxylation is 1. The SMILES string of the molecule is CCOc1ccc(C(=O)NNC(=O)c2oc3ccccc3c2C)cc1. The molecule has 0 fully saturated rings. The number of carbonyl (C=O) groups excluding carboxylic acids is 2. The standard InChI is InChI=1S/C19H18N2O4/c1-3-24-14-10-8-13(9-11-14)18(22)20-21-19(23)17-12(2)15-6-4-5-7-16(15)25-17/h4-11H,3H2,1-2H3,(H,20,22)(H,21,23). The average molecular weight is 338 g/mol. The van der Waals surface area contributed by atoms with Crippen LogP contribution >= 0.6 is 0 Å². The highest BCUT2D eigenvalue weighted by atomic mass is 16.5. The van der Waals surface area contributed by atoms with Crippen LogP contribution in [0.2, 0.25) is 0 Å². The summed E-state index contributed by atoms with van der Waals surface area (Å²) >= 11 is 0. The van der Waals surface area contributed by atoms with E-state index in [0.717, 1.165) is 10.9 Å². The van der Waals surface area contributed by atoms with Gasteiger partial charge in [0.2, 0.25) is 0 Å². The first-order valence-electron chi connectivity index (χ1n) is 7.92. The molecule has 0 aliphatic carbocycles. The molecule has 6 nitrogen and oxygen atoms in total. The molecule has 2 aromatic carbocycles. The van der Waals surface area contributed by atoms with E-state index in [1.165, 1.54) is 0 Å². The van der Waals surface area contributed by atoms with Gasteiger partial charge in [0.05, 0.1) is 6.61 Å². The summed E-state index contributed by atoms with van der Waals surface area (Å²) in [6.07, 6.45) is 0. The molecule has 3 rings (SSSR count). The van der Waals surface area contributed by atoms with E-state index in [2.05, 4.69) is 10.9 Å². The number of furan rings is 1. The highest BCUT2D eigenvalue weighted by Crippen LogP contribution is 2.24. The summed E-state index contributed by atoms with van der Waals surface area (Å²) in [5.41, 5.74) is 6.52. The van der Waals surface area contributed by atoms with E-state index in [1.54, 1.807) is 37.3 Å². The molecule has 0 bridgehead atoms. The monoisotopic (exact) mass is 338 g/mol. The number of rotatable bonds is 4. The van der Waals surface area contributed by atoms with E-state index in [1.807, 2.05) is 25.1 Å². The second kappa shape index (κ2) is 7.09. The number of fused-ring (bicyclic) bond motifs is 1. The highest BCUT2D eigenvalue weighted by molar-refractivity contribution is 6.01. The van der Waals surface area contributed by atoms with Gasteiger partial charge in [-0.1, -0.05) is 18.2 Å². The topological polar surface area (TPSA) is 80.6 Å². The van der Waals surface area contributed by atoms with Crippen molar-refractivity contribution in [2.24, 2.45) is 0 Å². The lowest BCUT2D eigenvalue weighted by atomic mass is 10.1. The van der Waals surface area contributed by atoms with E-state index in [0.29, 0.717) is 23.5 Å². The molecule has 1 aromatic heterocycles. The molecule has 0 radical (unpaired) electrons. The van der Waals surface area contributed by atoms with Gasteiger partial charge in [0, 0.05) is 16.5 Å². The molecule has 0 saturated carbocycles. The zero-order valence-electron chi connectivity index (χ0n) is 14.0. The fourth-order valence-electron chi connectivity index (χ4n) is 2.50. The van der Waals surface area contributed by atoms with Crippen LogP contribution in [0.1, 0.15) is 33.4 Å². The molecule has 0 spiro atoms. The van der Waals surface area contributed by atoms with Crippen molar-refractivity contribution in [3.8, 4) is 5.75 Å². The van der Waals surface area contributed by atoms with Gasteiger partial charge in [-0.15, -0.1) is 0 Å². The summed E-state index contributed by atoms with van der Waals surface area (Å²) in [7, 11) is 0. The summed E-state index contributed by atoms with van der Waals surface area (Å²) in [4.78, 5) is 24.4. The van der Waals surface area contributed by atoms with Gasteiger partial charge in [-0.2, -0.15) is 0 Å². The number of amides is 2. The van der Waals surface area contributed by atoms with Crippen LogP contribution in [0, 0.1) is 6.92 Å². The lowest BCUT2D eigenvalue weighted by molar-refractivity contribution is 0.0831.